The van der Waals surface area contributed by atoms with E-state index in [1.807, 2.05) is 0 Å². The Morgan fingerprint density at radius 3 is 2.79 bits per heavy atom. The van der Waals surface area contributed by atoms with Gasteiger partial charge in [0.15, 0.2) is 0 Å². The third kappa shape index (κ3) is 6.73. The molecule has 0 saturated carbocycles. The number of nitrogens with zero attached hydrogens (tertiary/aromatic N) is 1. The number of carboxylic acids is 1. The highest BCUT2D eigenvalue weighted by molar-refractivity contribution is 5.82. The van der Waals surface area contributed by atoms with Crippen LogP contribution < -0.4 is 0 Å². The van der Waals surface area contributed by atoms with Gasteiger partial charge >= 0.3 is 5.97 Å². The fourth-order valence-corrected chi connectivity index (χ4v) is 0.655. The number of hydrogen-bond acceptors (Lipinski definition) is 4. The van der Waals surface area contributed by atoms with Gasteiger partial charge in [-0.15, -0.1) is 4.91 Å². The predicted octanol–water partition coefficient (Wildman–Crippen LogP) is 1.54. The number of carbonyl (C=O) groups is 1. The lowest BCUT2D eigenvalue weighted by atomic mass is 10.2. The van der Waals surface area contributed by atoms with Gasteiger partial charge < -0.3 is 10.5 Å². The van der Waals surface area contributed by atoms with E-state index >= 15 is 0 Å². The van der Waals surface area contributed by atoms with Gasteiger partial charge in [-0.1, -0.05) is 11.8 Å². The fourth-order valence-electron chi connectivity index (χ4n) is 0.655. The second-order valence-corrected chi connectivity index (χ2v) is 2.38. The minimum Gasteiger partial charge on any atom is -0.481 e. The average Bonchev–Trinajstić information content (AvgIpc) is 2.15. The van der Waals surface area contributed by atoms with Gasteiger partial charge in [0.05, 0.1) is 11.8 Å². The van der Waals surface area contributed by atoms with Crippen LogP contribution in [0.1, 0.15) is 19.3 Å². The standard InChI is InChI=1S/C9H10N2O3/c10-6-8(7-11-14)4-2-1-3-5-9(12)13/h6-7,10H,1,3,5H2,(H,12,13)/b8-7-,10-6?. The Bertz CT molecular complexity index is 310. The van der Waals surface area contributed by atoms with E-state index in [4.69, 9.17) is 10.5 Å². The van der Waals surface area contributed by atoms with E-state index in [1.54, 1.807) is 0 Å². The van der Waals surface area contributed by atoms with Crippen LogP contribution in [0.15, 0.2) is 16.9 Å². The molecule has 14 heavy (non-hydrogen) atoms. The predicted molar refractivity (Wildman–Crippen MR) is 51.9 cm³/mol. The van der Waals surface area contributed by atoms with Gasteiger partial charge in [-0.25, -0.2) is 0 Å². The smallest absolute Gasteiger partial charge is 0.303 e. The van der Waals surface area contributed by atoms with Crippen molar-refractivity contribution in [2.45, 2.75) is 19.3 Å². The summed E-state index contributed by atoms with van der Waals surface area (Å²) in [6.45, 7) is 0. The monoisotopic (exact) mass is 194 g/mol. The lowest BCUT2D eigenvalue weighted by molar-refractivity contribution is -0.137. The van der Waals surface area contributed by atoms with Crippen molar-refractivity contribution in [3.63, 3.8) is 0 Å². The molecule has 0 bridgehead atoms. The zero-order chi connectivity index (χ0) is 10.8. The molecule has 0 aliphatic heterocycles. The minimum atomic E-state index is -0.857. The van der Waals surface area contributed by atoms with E-state index < -0.39 is 5.97 Å². The van der Waals surface area contributed by atoms with Crippen molar-refractivity contribution in [1.82, 2.24) is 0 Å². The number of rotatable bonds is 5. The first-order valence-corrected chi connectivity index (χ1v) is 3.94. The quantitative estimate of drug-likeness (QED) is 0.301. The van der Waals surface area contributed by atoms with Crippen molar-refractivity contribution >= 4 is 12.2 Å². The lowest BCUT2D eigenvalue weighted by Gasteiger charge is -1.87. The molecule has 0 atom stereocenters. The van der Waals surface area contributed by atoms with Gasteiger partial charge in [-0.3, -0.25) is 4.79 Å². The Morgan fingerprint density at radius 2 is 2.29 bits per heavy atom. The molecule has 2 N–H and O–H groups in total. The molecule has 0 saturated heterocycles. The van der Waals surface area contributed by atoms with E-state index in [2.05, 4.69) is 17.0 Å². The summed E-state index contributed by atoms with van der Waals surface area (Å²) in [6.07, 6.45) is 2.82. The topological polar surface area (TPSA) is 90.6 Å². The number of nitroso groups, excluding NO2 is 1. The molecule has 0 aromatic carbocycles. The first kappa shape index (κ1) is 12.0. The van der Waals surface area contributed by atoms with Crippen LogP contribution in [0.5, 0.6) is 0 Å². The van der Waals surface area contributed by atoms with E-state index in [9.17, 15) is 9.70 Å². The maximum Gasteiger partial charge on any atom is 0.303 e. The summed E-state index contributed by atoms with van der Waals surface area (Å²) >= 11 is 0. The van der Waals surface area contributed by atoms with Gasteiger partial charge in [0.25, 0.3) is 0 Å². The van der Waals surface area contributed by atoms with Gasteiger partial charge in [-0.05, 0) is 11.6 Å². The van der Waals surface area contributed by atoms with Crippen LogP contribution in [0.3, 0.4) is 0 Å². The maximum absolute atomic E-state index is 10.1. The number of nitrogens with one attached hydrogen (secondary N) is 1. The Hall–Kier alpha value is -1.96. The third-order valence-corrected chi connectivity index (χ3v) is 1.27. The van der Waals surface area contributed by atoms with Crippen LogP contribution in [0.4, 0.5) is 0 Å². The molecule has 0 amide bonds. The van der Waals surface area contributed by atoms with Crippen molar-refractivity contribution in [2.75, 3.05) is 0 Å². The van der Waals surface area contributed by atoms with E-state index in [1.165, 1.54) is 0 Å². The summed E-state index contributed by atoms with van der Waals surface area (Å²) in [4.78, 5) is 19.9. The van der Waals surface area contributed by atoms with Crippen molar-refractivity contribution < 1.29 is 9.90 Å². The average molecular weight is 194 g/mol. The first-order valence-electron chi connectivity index (χ1n) is 3.94. The molecular weight excluding hydrogens is 184 g/mol. The summed E-state index contributed by atoms with van der Waals surface area (Å²) in [7, 11) is 0. The molecule has 0 fully saturated rings. The molecular formula is C9H10N2O3. The molecule has 0 rings (SSSR count). The maximum atomic E-state index is 10.1. The summed E-state index contributed by atoms with van der Waals surface area (Å²) in [5, 5.41) is 17.6. The summed E-state index contributed by atoms with van der Waals surface area (Å²) in [5.41, 5.74) is 0.218. The summed E-state index contributed by atoms with van der Waals surface area (Å²) < 4.78 is 0. The van der Waals surface area contributed by atoms with Crippen LogP contribution in [0, 0.1) is 22.2 Å². The number of aliphatic carboxylic acids is 1. The Labute approximate surface area is 81.3 Å². The number of unbranched alkanes of at least 4 members (excludes halogenated alkanes) is 1. The summed E-state index contributed by atoms with van der Waals surface area (Å²) in [6, 6.07) is 0. The number of carboxylic acid groups (broad SMARTS) is 1. The second kappa shape index (κ2) is 7.68. The zero-order valence-corrected chi connectivity index (χ0v) is 7.49. The molecule has 0 aromatic heterocycles. The third-order valence-electron chi connectivity index (χ3n) is 1.27. The van der Waals surface area contributed by atoms with Crippen LogP contribution in [0.2, 0.25) is 0 Å². The van der Waals surface area contributed by atoms with Crippen LogP contribution >= 0.6 is 0 Å². The largest absolute Gasteiger partial charge is 0.481 e. The summed E-state index contributed by atoms with van der Waals surface area (Å²) in [5.74, 6) is 4.31. The van der Waals surface area contributed by atoms with Gasteiger partial charge in [0.1, 0.15) is 0 Å². The zero-order valence-electron chi connectivity index (χ0n) is 7.49. The van der Waals surface area contributed by atoms with Crippen molar-refractivity contribution in [3.05, 3.63) is 16.7 Å². The highest BCUT2D eigenvalue weighted by Gasteiger charge is 1.93. The van der Waals surface area contributed by atoms with Gasteiger partial charge in [0, 0.05) is 19.1 Å². The minimum absolute atomic E-state index is 0.0737. The number of allylic oxidation sites excluding steroid dienone is 1. The Balaban J connectivity index is 3.91. The van der Waals surface area contributed by atoms with Crippen LogP contribution in [-0.4, -0.2) is 17.3 Å². The molecule has 0 aliphatic rings. The normalized spacial score (nSPS) is 9.86. The van der Waals surface area contributed by atoms with E-state index in [-0.39, 0.29) is 12.0 Å². The number of hydrogen-bond donors (Lipinski definition) is 2. The Morgan fingerprint density at radius 1 is 1.57 bits per heavy atom. The van der Waals surface area contributed by atoms with Crippen LogP contribution in [0.25, 0.3) is 0 Å². The highest BCUT2D eigenvalue weighted by atomic mass is 16.4. The highest BCUT2D eigenvalue weighted by Crippen LogP contribution is 1.94. The van der Waals surface area contributed by atoms with Gasteiger partial charge in [0.2, 0.25) is 0 Å². The first-order chi connectivity index (χ1) is 6.70. The fraction of sp³-hybridized carbons (Fsp3) is 0.333. The second-order valence-electron chi connectivity index (χ2n) is 2.38. The molecule has 0 aromatic rings. The molecule has 0 heterocycles. The molecule has 0 unspecified atom stereocenters. The van der Waals surface area contributed by atoms with Crippen molar-refractivity contribution in [3.8, 4) is 11.8 Å². The molecule has 0 radical (unpaired) electrons. The molecule has 5 heteroatoms. The molecule has 5 nitrogen and oxygen atoms in total. The van der Waals surface area contributed by atoms with Gasteiger partial charge in [-0.2, -0.15) is 0 Å². The Kier molecular flexibility index (Phi) is 6.60. The van der Waals surface area contributed by atoms with E-state index in [0.717, 1.165) is 12.4 Å². The SMILES string of the molecule is N=C/C(C#CCCCC(=O)O)=C\N=O. The molecule has 0 spiro atoms. The lowest BCUT2D eigenvalue weighted by Crippen LogP contribution is -1.92. The van der Waals surface area contributed by atoms with Crippen molar-refractivity contribution in [1.29, 1.82) is 5.41 Å². The van der Waals surface area contributed by atoms with Crippen LogP contribution in [-0.2, 0) is 4.79 Å². The van der Waals surface area contributed by atoms with Crippen molar-refractivity contribution in [2.24, 2.45) is 5.18 Å². The molecule has 0 aliphatic carbocycles. The molecule has 74 valence electrons. The van der Waals surface area contributed by atoms with E-state index in [0.29, 0.717) is 12.8 Å².